The molecule has 0 aromatic carbocycles. The minimum Gasteiger partial charge on any atom is -0.330 e. The van der Waals surface area contributed by atoms with Crippen molar-refractivity contribution in [1.29, 1.82) is 0 Å². The van der Waals surface area contributed by atoms with Crippen LogP contribution < -0.4 is 5.73 Å². The predicted octanol–water partition coefficient (Wildman–Crippen LogP) is 1.38. The van der Waals surface area contributed by atoms with E-state index in [1.54, 1.807) is 0 Å². The summed E-state index contributed by atoms with van der Waals surface area (Å²) in [5.41, 5.74) is 5.32. The van der Waals surface area contributed by atoms with Gasteiger partial charge in [-0.3, -0.25) is 0 Å². The van der Waals surface area contributed by atoms with Crippen LogP contribution >= 0.6 is 0 Å². The molecule has 0 aliphatic heterocycles. The first-order valence-electron chi connectivity index (χ1n) is 3.44. The third kappa shape index (κ3) is 5.39. The largest absolute Gasteiger partial charge is 0.330 e. The number of hydrogen-bond donors (Lipinski definition) is 1. The van der Waals surface area contributed by atoms with Gasteiger partial charge in [0.25, 0.3) is 0 Å². The zero-order chi connectivity index (χ0) is 7.11. The summed E-state index contributed by atoms with van der Waals surface area (Å²) in [5, 5.41) is 0. The molecule has 0 bridgehead atoms. The molecule has 1 unspecified atom stereocenters. The Morgan fingerprint density at radius 1 is 1.67 bits per heavy atom. The second-order valence-electron chi connectivity index (χ2n) is 2.44. The van der Waals surface area contributed by atoms with E-state index in [1.165, 1.54) is 6.42 Å². The van der Waals surface area contributed by atoms with Gasteiger partial charge in [0.1, 0.15) is 0 Å². The fourth-order valence-corrected chi connectivity index (χ4v) is 0.770. The average Bonchev–Trinajstić information content (AvgIpc) is 1.85. The highest BCUT2D eigenvalue weighted by Crippen LogP contribution is 2.07. The highest BCUT2D eigenvalue weighted by molar-refractivity contribution is 4.85. The molecule has 1 heteroatoms. The van der Waals surface area contributed by atoms with Gasteiger partial charge in [0.15, 0.2) is 0 Å². The predicted molar refractivity (Wildman–Crippen MR) is 40.9 cm³/mol. The summed E-state index contributed by atoms with van der Waals surface area (Å²) in [5.74, 6) is 3.29. The first-order chi connectivity index (χ1) is 4.31. The van der Waals surface area contributed by atoms with Gasteiger partial charge in [-0.25, -0.2) is 0 Å². The molecule has 0 spiro atoms. The standard InChI is InChI=1S/C8H15N/c1-3-5-8(2)6-4-7-9/h1,8H,4-7,9H2,2H3. The van der Waals surface area contributed by atoms with Crippen molar-refractivity contribution < 1.29 is 0 Å². The minimum absolute atomic E-state index is 0.651. The molecule has 52 valence electrons. The number of hydrogen-bond acceptors (Lipinski definition) is 1. The molecule has 1 atom stereocenters. The Morgan fingerprint density at radius 2 is 2.33 bits per heavy atom. The molecule has 0 aromatic heterocycles. The Morgan fingerprint density at radius 3 is 2.78 bits per heavy atom. The fraction of sp³-hybridized carbons (Fsp3) is 0.750. The maximum Gasteiger partial charge on any atom is 0.0112 e. The average molecular weight is 125 g/mol. The van der Waals surface area contributed by atoms with Crippen molar-refractivity contribution in [3.05, 3.63) is 0 Å². The first-order valence-corrected chi connectivity index (χ1v) is 3.44. The molecule has 0 aromatic rings. The summed E-state index contributed by atoms with van der Waals surface area (Å²) in [4.78, 5) is 0. The van der Waals surface area contributed by atoms with Crippen molar-refractivity contribution in [3.63, 3.8) is 0 Å². The quantitative estimate of drug-likeness (QED) is 0.564. The van der Waals surface area contributed by atoms with Crippen molar-refractivity contribution in [2.75, 3.05) is 6.54 Å². The first kappa shape index (κ1) is 8.52. The zero-order valence-corrected chi connectivity index (χ0v) is 6.06. The molecule has 0 aliphatic carbocycles. The lowest BCUT2D eigenvalue weighted by atomic mass is 10.0. The van der Waals surface area contributed by atoms with Crippen LogP contribution in [0.2, 0.25) is 0 Å². The molecule has 9 heavy (non-hydrogen) atoms. The van der Waals surface area contributed by atoms with Crippen LogP contribution in [-0.2, 0) is 0 Å². The molecule has 2 N–H and O–H groups in total. The summed E-state index contributed by atoms with van der Waals surface area (Å²) >= 11 is 0. The fourth-order valence-electron chi connectivity index (χ4n) is 0.770. The van der Waals surface area contributed by atoms with Crippen molar-refractivity contribution in [1.82, 2.24) is 0 Å². The van der Waals surface area contributed by atoms with Gasteiger partial charge >= 0.3 is 0 Å². The summed E-state index contributed by atoms with van der Waals surface area (Å²) in [6.07, 6.45) is 8.28. The molecular weight excluding hydrogens is 110 g/mol. The molecule has 0 amide bonds. The van der Waals surface area contributed by atoms with Gasteiger partial charge in [0, 0.05) is 6.42 Å². The number of nitrogens with two attached hydrogens (primary N) is 1. The Labute approximate surface area is 57.6 Å². The van der Waals surface area contributed by atoms with Gasteiger partial charge < -0.3 is 5.73 Å². The van der Waals surface area contributed by atoms with Crippen LogP contribution in [0.1, 0.15) is 26.2 Å². The molecule has 0 aliphatic rings. The molecule has 0 radical (unpaired) electrons. The van der Waals surface area contributed by atoms with E-state index in [0.29, 0.717) is 5.92 Å². The summed E-state index contributed by atoms with van der Waals surface area (Å²) in [6, 6.07) is 0. The molecule has 1 nitrogen and oxygen atoms in total. The van der Waals surface area contributed by atoms with Crippen LogP contribution in [0.25, 0.3) is 0 Å². The highest BCUT2D eigenvalue weighted by Gasteiger charge is 1.96. The Kier molecular flexibility index (Phi) is 5.35. The van der Waals surface area contributed by atoms with E-state index in [2.05, 4.69) is 12.8 Å². The van der Waals surface area contributed by atoms with Crippen molar-refractivity contribution in [2.45, 2.75) is 26.2 Å². The van der Waals surface area contributed by atoms with Crippen LogP contribution in [0.5, 0.6) is 0 Å². The monoisotopic (exact) mass is 125 g/mol. The van der Waals surface area contributed by atoms with Crippen molar-refractivity contribution in [2.24, 2.45) is 11.7 Å². The summed E-state index contributed by atoms with van der Waals surface area (Å²) in [6.45, 7) is 2.95. The Bertz CT molecular complexity index is 91.2. The molecule has 0 saturated carbocycles. The van der Waals surface area contributed by atoms with Crippen LogP contribution in [0.15, 0.2) is 0 Å². The number of rotatable bonds is 4. The van der Waals surface area contributed by atoms with Gasteiger partial charge in [0.05, 0.1) is 0 Å². The second-order valence-corrected chi connectivity index (χ2v) is 2.44. The third-order valence-corrected chi connectivity index (χ3v) is 1.37. The van der Waals surface area contributed by atoms with Gasteiger partial charge in [-0.2, -0.15) is 0 Å². The van der Waals surface area contributed by atoms with E-state index in [1.807, 2.05) is 0 Å². The summed E-state index contributed by atoms with van der Waals surface area (Å²) in [7, 11) is 0. The Hall–Kier alpha value is -0.480. The lowest BCUT2D eigenvalue weighted by Crippen LogP contribution is -2.01. The van der Waals surface area contributed by atoms with E-state index >= 15 is 0 Å². The summed E-state index contributed by atoms with van der Waals surface area (Å²) < 4.78 is 0. The molecule has 0 saturated heterocycles. The van der Waals surface area contributed by atoms with Crippen LogP contribution in [0.4, 0.5) is 0 Å². The van der Waals surface area contributed by atoms with E-state index in [9.17, 15) is 0 Å². The van der Waals surface area contributed by atoms with E-state index in [-0.39, 0.29) is 0 Å². The van der Waals surface area contributed by atoms with Crippen molar-refractivity contribution in [3.8, 4) is 12.3 Å². The molecule has 0 rings (SSSR count). The van der Waals surface area contributed by atoms with Gasteiger partial charge in [-0.1, -0.05) is 6.92 Å². The van der Waals surface area contributed by atoms with Crippen LogP contribution in [-0.4, -0.2) is 6.54 Å². The highest BCUT2D eigenvalue weighted by atomic mass is 14.5. The van der Waals surface area contributed by atoms with Crippen LogP contribution in [0.3, 0.4) is 0 Å². The third-order valence-electron chi connectivity index (χ3n) is 1.37. The van der Waals surface area contributed by atoms with Crippen LogP contribution in [0, 0.1) is 18.3 Å². The maximum absolute atomic E-state index is 5.32. The second kappa shape index (κ2) is 5.65. The molecule has 0 heterocycles. The van der Waals surface area contributed by atoms with E-state index in [0.717, 1.165) is 19.4 Å². The molecular formula is C8H15N. The zero-order valence-electron chi connectivity index (χ0n) is 6.06. The smallest absolute Gasteiger partial charge is 0.0112 e. The lowest BCUT2D eigenvalue weighted by molar-refractivity contribution is 0.527. The van der Waals surface area contributed by atoms with Gasteiger partial charge in [-0.05, 0) is 25.3 Å². The van der Waals surface area contributed by atoms with Gasteiger partial charge in [0.2, 0.25) is 0 Å². The van der Waals surface area contributed by atoms with E-state index < -0.39 is 0 Å². The van der Waals surface area contributed by atoms with E-state index in [4.69, 9.17) is 12.2 Å². The number of terminal acetylenes is 1. The maximum atomic E-state index is 5.32. The minimum atomic E-state index is 0.651. The topological polar surface area (TPSA) is 26.0 Å². The normalized spacial score (nSPS) is 12.6. The van der Waals surface area contributed by atoms with Crippen molar-refractivity contribution >= 4 is 0 Å². The Balaban J connectivity index is 3.08. The van der Waals surface area contributed by atoms with Gasteiger partial charge in [-0.15, -0.1) is 12.3 Å². The lowest BCUT2D eigenvalue weighted by Gasteiger charge is -2.04. The molecule has 0 fully saturated rings. The SMILES string of the molecule is C#CCC(C)CCCN.